The molecule has 0 spiro atoms. The number of halogens is 4. The van der Waals surface area contributed by atoms with Gasteiger partial charge in [-0.05, 0) is 29.8 Å². The van der Waals surface area contributed by atoms with Crippen LogP contribution in [0.1, 0.15) is 10.4 Å². The number of carbonyl (C=O) groups excluding carboxylic acids is 1. The first kappa shape index (κ1) is 23.5. The van der Waals surface area contributed by atoms with Crippen molar-refractivity contribution in [2.45, 2.75) is 18.5 Å². The van der Waals surface area contributed by atoms with Gasteiger partial charge in [-0.15, -0.1) is 11.3 Å². The maximum absolute atomic E-state index is 14.8. The van der Waals surface area contributed by atoms with Crippen LogP contribution < -0.4 is 5.32 Å². The molecule has 0 radical (unpaired) electrons. The summed E-state index contributed by atoms with van der Waals surface area (Å²) in [7, 11) is 0. The molecule has 176 valence electrons. The van der Waals surface area contributed by atoms with Crippen molar-refractivity contribution < 1.29 is 27.5 Å². The minimum Gasteiger partial charge on any atom is -0.390 e. The van der Waals surface area contributed by atoms with Crippen LogP contribution in [0.25, 0.3) is 21.0 Å². The lowest BCUT2D eigenvalue weighted by molar-refractivity contribution is -0.0822. The van der Waals surface area contributed by atoms with E-state index in [4.69, 9.17) is 5.11 Å². The number of amides is 1. The van der Waals surface area contributed by atoms with Crippen molar-refractivity contribution in [2.75, 3.05) is 6.61 Å². The van der Waals surface area contributed by atoms with Gasteiger partial charge in [0.15, 0.2) is 0 Å². The van der Waals surface area contributed by atoms with Crippen molar-refractivity contribution in [3.05, 3.63) is 78.3 Å². The number of hydrogen-bond donors (Lipinski definition) is 2. The lowest BCUT2D eigenvalue weighted by atomic mass is 10.0. The Morgan fingerprint density at radius 1 is 1.12 bits per heavy atom. The van der Waals surface area contributed by atoms with E-state index >= 15 is 0 Å². The highest BCUT2D eigenvalue weighted by atomic mass is 32.1. The van der Waals surface area contributed by atoms with Crippen molar-refractivity contribution >= 4 is 17.2 Å². The summed E-state index contributed by atoms with van der Waals surface area (Å²) in [5.41, 5.74) is 0.260. The van der Waals surface area contributed by atoms with Crippen LogP contribution in [0.15, 0.2) is 61.1 Å². The number of alkyl halides is 2. The molecule has 0 fully saturated rings. The van der Waals surface area contributed by atoms with Crippen LogP contribution in [-0.2, 0) is 6.54 Å². The first-order valence-corrected chi connectivity index (χ1v) is 10.7. The minimum atomic E-state index is -3.70. The third-order valence-corrected chi connectivity index (χ3v) is 6.01. The highest BCUT2D eigenvalue weighted by molar-refractivity contribution is 7.18. The maximum atomic E-state index is 14.8. The van der Waals surface area contributed by atoms with Crippen LogP contribution in [0, 0.1) is 11.6 Å². The molecular formula is C22H17F4N5O2S. The summed E-state index contributed by atoms with van der Waals surface area (Å²) >= 11 is 1.06. The number of aliphatic hydroxyl groups is 1. The Hall–Kier alpha value is -3.64. The lowest BCUT2D eigenvalue weighted by Gasteiger charge is -2.26. The van der Waals surface area contributed by atoms with Crippen LogP contribution >= 0.6 is 11.3 Å². The molecule has 2 aromatic heterocycles. The first-order chi connectivity index (χ1) is 16.3. The van der Waals surface area contributed by atoms with E-state index in [0.717, 1.165) is 22.2 Å². The van der Waals surface area contributed by atoms with Crippen LogP contribution in [0.5, 0.6) is 0 Å². The molecule has 0 unspecified atom stereocenters. The highest BCUT2D eigenvalue weighted by Gasteiger charge is 2.41. The molecule has 0 saturated carbocycles. The number of aromatic nitrogens is 4. The van der Waals surface area contributed by atoms with E-state index in [-0.39, 0.29) is 16.1 Å². The summed E-state index contributed by atoms with van der Waals surface area (Å²) in [6.07, 6.45) is 4.01. The molecule has 1 amide bonds. The molecule has 2 N–H and O–H groups in total. The Bertz CT molecular complexity index is 1280. The van der Waals surface area contributed by atoms with Gasteiger partial charge >= 0.3 is 0 Å². The van der Waals surface area contributed by atoms with Gasteiger partial charge in [-0.3, -0.25) is 4.79 Å². The van der Waals surface area contributed by atoms with E-state index in [1.54, 1.807) is 0 Å². The fourth-order valence-corrected chi connectivity index (χ4v) is 4.18. The SMILES string of the molecule is O=C(N[C@H](Cn1nccn1)C(F)(F)CO)c1cccc(F)c1-c1ncc(-c2ccc(F)cc2)s1. The summed E-state index contributed by atoms with van der Waals surface area (Å²) in [6.45, 7) is -2.05. The molecule has 2 heterocycles. The molecule has 1 atom stereocenters. The van der Waals surface area contributed by atoms with Crippen molar-refractivity contribution in [3.8, 4) is 21.0 Å². The molecule has 0 bridgehead atoms. The third-order valence-electron chi connectivity index (χ3n) is 4.94. The zero-order valence-electron chi connectivity index (χ0n) is 17.3. The van der Waals surface area contributed by atoms with Gasteiger partial charge in [0.2, 0.25) is 0 Å². The third kappa shape index (κ3) is 4.97. The molecule has 4 rings (SSSR count). The zero-order chi connectivity index (χ0) is 24.3. The largest absolute Gasteiger partial charge is 0.390 e. The molecule has 4 aromatic rings. The van der Waals surface area contributed by atoms with E-state index in [1.807, 2.05) is 0 Å². The van der Waals surface area contributed by atoms with Crippen molar-refractivity contribution in [1.82, 2.24) is 25.3 Å². The van der Waals surface area contributed by atoms with Crippen LogP contribution in [0.3, 0.4) is 0 Å². The average Bonchev–Trinajstić information content (AvgIpc) is 3.51. The Morgan fingerprint density at radius 2 is 1.82 bits per heavy atom. The predicted molar refractivity (Wildman–Crippen MR) is 116 cm³/mol. The van der Waals surface area contributed by atoms with Gasteiger partial charge in [0.1, 0.15) is 29.3 Å². The highest BCUT2D eigenvalue weighted by Crippen LogP contribution is 2.35. The number of rotatable bonds is 8. The van der Waals surface area contributed by atoms with E-state index in [2.05, 4.69) is 20.5 Å². The number of aliphatic hydroxyl groups excluding tert-OH is 1. The summed E-state index contributed by atoms with van der Waals surface area (Å²) in [5, 5.41) is 18.9. The smallest absolute Gasteiger partial charge is 0.292 e. The normalized spacial score (nSPS) is 12.5. The van der Waals surface area contributed by atoms with E-state index in [9.17, 15) is 22.4 Å². The van der Waals surface area contributed by atoms with Gasteiger partial charge in [-0.25, -0.2) is 22.5 Å². The van der Waals surface area contributed by atoms with E-state index < -0.39 is 42.7 Å². The van der Waals surface area contributed by atoms with Gasteiger partial charge in [-0.2, -0.15) is 15.0 Å². The Balaban J connectivity index is 1.66. The monoisotopic (exact) mass is 491 g/mol. The fraction of sp³-hybridized carbons (Fsp3) is 0.182. The number of thiazole rings is 1. The Labute approximate surface area is 194 Å². The molecule has 0 aliphatic heterocycles. The minimum absolute atomic E-state index is 0.141. The average molecular weight is 491 g/mol. The van der Waals surface area contributed by atoms with Crippen molar-refractivity contribution in [1.29, 1.82) is 0 Å². The number of benzene rings is 2. The molecule has 12 heteroatoms. The number of carbonyl (C=O) groups is 1. The summed E-state index contributed by atoms with van der Waals surface area (Å²) in [6, 6.07) is 7.42. The number of hydrogen-bond acceptors (Lipinski definition) is 6. The maximum Gasteiger partial charge on any atom is 0.292 e. The van der Waals surface area contributed by atoms with Crippen LogP contribution in [-0.4, -0.2) is 49.6 Å². The number of nitrogens with zero attached hydrogens (tertiary/aromatic N) is 4. The quantitative estimate of drug-likeness (QED) is 0.366. The molecule has 34 heavy (non-hydrogen) atoms. The topological polar surface area (TPSA) is 92.9 Å². The fourth-order valence-electron chi connectivity index (χ4n) is 3.20. The van der Waals surface area contributed by atoms with Crippen molar-refractivity contribution in [3.63, 3.8) is 0 Å². The van der Waals surface area contributed by atoms with Gasteiger partial charge < -0.3 is 10.4 Å². The second kappa shape index (κ2) is 9.69. The van der Waals surface area contributed by atoms with Crippen LogP contribution in [0.4, 0.5) is 17.6 Å². The van der Waals surface area contributed by atoms with E-state index in [0.29, 0.717) is 10.4 Å². The molecule has 0 aliphatic rings. The van der Waals surface area contributed by atoms with E-state index in [1.165, 1.54) is 55.0 Å². The summed E-state index contributed by atoms with van der Waals surface area (Å²) in [5.74, 6) is -5.88. The standard InChI is InChI=1S/C22H17F4N5O2S/c23-14-6-4-13(5-7-14)17-10-27-21(34-17)19-15(2-1-3-16(19)24)20(33)30-18(22(25,26)12-32)11-31-28-8-9-29-31/h1-10,18,32H,11-12H2,(H,30,33)/t18-/m1/s1. The van der Waals surface area contributed by atoms with Gasteiger partial charge in [0, 0.05) is 6.20 Å². The van der Waals surface area contributed by atoms with Gasteiger partial charge in [0.05, 0.1) is 34.9 Å². The lowest BCUT2D eigenvalue weighted by Crippen LogP contribution is -2.52. The van der Waals surface area contributed by atoms with Gasteiger partial charge in [0.25, 0.3) is 11.8 Å². The second-order valence-electron chi connectivity index (χ2n) is 7.23. The molecular weight excluding hydrogens is 474 g/mol. The molecule has 7 nitrogen and oxygen atoms in total. The predicted octanol–water partition coefficient (Wildman–Crippen LogP) is 3.77. The molecule has 0 aliphatic carbocycles. The number of nitrogens with one attached hydrogen (secondary N) is 1. The summed E-state index contributed by atoms with van der Waals surface area (Å²) < 4.78 is 56.8. The van der Waals surface area contributed by atoms with Crippen molar-refractivity contribution in [2.24, 2.45) is 0 Å². The zero-order valence-corrected chi connectivity index (χ0v) is 18.1. The summed E-state index contributed by atoms with van der Waals surface area (Å²) in [4.78, 5) is 18.7. The Morgan fingerprint density at radius 3 is 2.50 bits per heavy atom. The second-order valence-corrected chi connectivity index (χ2v) is 8.26. The van der Waals surface area contributed by atoms with Gasteiger partial charge in [-0.1, -0.05) is 18.2 Å². The Kier molecular flexibility index (Phi) is 6.70. The first-order valence-electron chi connectivity index (χ1n) is 9.93. The van der Waals surface area contributed by atoms with Crippen LogP contribution in [0.2, 0.25) is 0 Å². The molecule has 2 aromatic carbocycles. The molecule has 0 saturated heterocycles.